The molecule has 6 heteroatoms. The predicted octanol–water partition coefficient (Wildman–Crippen LogP) is 3.60. The molecule has 0 aliphatic carbocycles. The zero-order valence-corrected chi connectivity index (χ0v) is 14.9. The molecule has 1 aliphatic heterocycles. The van der Waals surface area contributed by atoms with Crippen molar-refractivity contribution in [1.29, 1.82) is 0 Å². The van der Waals surface area contributed by atoms with Crippen molar-refractivity contribution in [3.05, 3.63) is 51.8 Å². The summed E-state index contributed by atoms with van der Waals surface area (Å²) in [5.41, 5.74) is 3.42. The summed E-state index contributed by atoms with van der Waals surface area (Å²) in [7, 11) is -3.61. The standard InChI is InChI=1S/C16H17BrN2O2S/c1-11-5-3-6-13-7-4-8-19(16(11)13)22(20,21)15-9-14(17)10-18-12(15)2/h3,5-6,9-10H,4,7-8H2,1-2H3. The number of para-hydroxylation sites is 1. The molecule has 3 rings (SSSR count). The monoisotopic (exact) mass is 380 g/mol. The molecule has 0 saturated heterocycles. The van der Waals surface area contributed by atoms with Crippen LogP contribution in [0.2, 0.25) is 0 Å². The second kappa shape index (κ2) is 5.66. The predicted molar refractivity (Wildman–Crippen MR) is 90.7 cm³/mol. The van der Waals surface area contributed by atoms with E-state index in [0.29, 0.717) is 16.7 Å². The minimum absolute atomic E-state index is 0.262. The van der Waals surface area contributed by atoms with Crippen LogP contribution in [0.15, 0.2) is 39.8 Å². The molecule has 0 N–H and O–H groups in total. The van der Waals surface area contributed by atoms with Gasteiger partial charge in [0.2, 0.25) is 0 Å². The van der Waals surface area contributed by atoms with E-state index in [0.717, 1.165) is 29.7 Å². The highest BCUT2D eigenvalue weighted by Crippen LogP contribution is 2.35. The van der Waals surface area contributed by atoms with Crippen LogP contribution in [-0.2, 0) is 16.4 Å². The molecule has 0 amide bonds. The Hall–Kier alpha value is -1.40. The number of aromatic nitrogens is 1. The van der Waals surface area contributed by atoms with E-state index in [2.05, 4.69) is 20.9 Å². The van der Waals surface area contributed by atoms with E-state index < -0.39 is 10.0 Å². The summed E-state index contributed by atoms with van der Waals surface area (Å²) in [5, 5.41) is 0. The number of sulfonamides is 1. The van der Waals surface area contributed by atoms with E-state index in [4.69, 9.17) is 0 Å². The van der Waals surface area contributed by atoms with Crippen molar-refractivity contribution >= 4 is 31.6 Å². The van der Waals surface area contributed by atoms with Crippen molar-refractivity contribution in [2.24, 2.45) is 0 Å². The van der Waals surface area contributed by atoms with Crippen LogP contribution < -0.4 is 4.31 Å². The van der Waals surface area contributed by atoms with Gasteiger partial charge in [-0.25, -0.2) is 8.42 Å². The van der Waals surface area contributed by atoms with Crippen molar-refractivity contribution in [1.82, 2.24) is 4.98 Å². The fraction of sp³-hybridized carbons (Fsp3) is 0.312. The van der Waals surface area contributed by atoms with Crippen LogP contribution >= 0.6 is 15.9 Å². The van der Waals surface area contributed by atoms with Gasteiger partial charge in [-0.05, 0) is 59.8 Å². The molecule has 4 nitrogen and oxygen atoms in total. The van der Waals surface area contributed by atoms with Crippen LogP contribution in [0.1, 0.15) is 23.2 Å². The van der Waals surface area contributed by atoms with Gasteiger partial charge in [0.1, 0.15) is 4.90 Å². The van der Waals surface area contributed by atoms with E-state index in [-0.39, 0.29) is 4.90 Å². The lowest BCUT2D eigenvalue weighted by atomic mass is 10.0. The van der Waals surface area contributed by atoms with Gasteiger partial charge >= 0.3 is 0 Å². The highest BCUT2D eigenvalue weighted by atomic mass is 79.9. The third-order valence-electron chi connectivity index (χ3n) is 3.95. The number of pyridine rings is 1. The lowest BCUT2D eigenvalue weighted by Crippen LogP contribution is -2.36. The summed E-state index contributed by atoms with van der Waals surface area (Å²) in [6.07, 6.45) is 3.36. The van der Waals surface area contributed by atoms with Gasteiger partial charge in [0.25, 0.3) is 10.0 Å². The maximum Gasteiger partial charge on any atom is 0.266 e. The molecule has 0 unspecified atom stereocenters. The molecule has 22 heavy (non-hydrogen) atoms. The highest BCUT2D eigenvalue weighted by molar-refractivity contribution is 9.10. The molecular formula is C16H17BrN2O2S. The third-order valence-corrected chi connectivity index (χ3v) is 6.30. The molecule has 0 fully saturated rings. The van der Waals surface area contributed by atoms with Crippen molar-refractivity contribution in [2.75, 3.05) is 10.8 Å². The molecule has 0 spiro atoms. The summed E-state index contributed by atoms with van der Waals surface area (Å²) in [6, 6.07) is 7.58. The lowest BCUT2D eigenvalue weighted by molar-refractivity contribution is 0.585. The topological polar surface area (TPSA) is 50.3 Å². The Morgan fingerprint density at radius 3 is 2.82 bits per heavy atom. The first-order chi connectivity index (χ1) is 10.4. The number of rotatable bonds is 2. The summed E-state index contributed by atoms with van der Waals surface area (Å²) in [5.74, 6) is 0. The van der Waals surface area contributed by atoms with Gasteiger partial charge in [-0.3, -0.25) is 9.29 Å². The minimum atomic E-state index is -3.61. The number of aryl methyl sites for hydroxylation is 3. The number of benzene rings is 1. The summed E-state index contributed by atoms with van der Waals surface area (Å²) in [6.45, 7) is 4.19. The van der Waals surface area contributed by atoms with Gasteiger partial charge in [-0.15, -0.1) is 0 Å². The second-order valence-corrected chi connectivity index (χ2v) is 8.25. The quantitative estimate of drug-likeness (QED) is 0.799. The van der Waals surface area contributed by atoms with E-state index >= 15 is 0 Å². The number of anilines is 1. The smallest absolute Gasteiger partial charge is 0.266 e. The van der Waals surface area contributed by atoms with Crippen molar-refractivity contribution in [3.63, 3.8) is 0 Å². The van der Waals surface area contributed by atoms with E-state index in [9.17, 15) is 8.42 Å². The molecule has 116 valence electrons. The van der Waals surface area contributed by atoms with Gasteiger partial charge in [0.05, 0.1) is 11.4 Å². The van der Waals surface area contributed by atoms with E-state index in [1.807, 2.05) is 25.1 Å². The Labute approximate surface area is 139 Å². The van der Waals surface area contributed by atoms with Crippen LogP contribution in [0.4, 0.5) is 5.69 Å². The van der Waals surface area contributed by atoms with Gasteiger partial charge < -0.3 is 0 Å². The number of hydrogen-bond donors (Lipinski definition) is 0. The van der Waals surface area contributed by atoms with Gasteiger partial charge in [0, 0.05) is 17.2 Å². The molecule has 2 aromatic rings. The summed E-state index contributed by atoms with van der Waals surface area (Å²) in [4.78, 5) is 4.43. The number of halogens is 1. The van der Waals surface area contributed by atoms with Crippen molar-refractivity contribution in [3.8, 4) is 0 Å². The van der Waals surface area contributed by atoms with Crippen LogP contribution in [-0.4, -0.2) is 19.9 Å². The minimum Gasteiger partial charge on any atom is -0.266 e. The number of nitrogens with zero attached hydrogens (tertiary/aromatic N) is 2. The molecule has 1 aromatic carbocycles. The van der Waals surface area contributed by atoms with E-state index in [1.165, 1.54) is 4.31 Å². The Morgan fingerprint density at radius 2 is 2.05 bits per heavy atom. The molecule has 1 aromatic heterocycles. The summed E-state index contributed by atoms with van der Waals surface area (Å²) < 4.78 is 28.5. The second-order valence-electron chi connectivity index (χ2n) is 5.50. The molecular weight excluding hydrogens is 364 g/mol. The first-order valence-electron chi connectivity index (χ1n) is 7.14. The fourth-order valence-corrected chi connectivity index (χ4v) is 5.21. The number of hydrogen-bond acceptors (Lipinski definition) is 3. The molecule has 2 heterocycles. The lowest BCUT2D eigenvalue weighted by Gasteiger charge is -2.32. The Balaban J connectivity index is 2.18. The third kappa shape index (κ3) is 2.54. The number of fused-ring (bicyclic) bond motifs is 1. The highest BCUT2D eigenvalue weighted by Gasteiger charge is 2.31. The Morgan fingerprint density at radius 1 is 1.27 bits per heavy atom. The molecule has 0 bridgehead atoms. The normalized spacial score (nSPS) is 14.8. The largest absolute Gasteiger partial charge is 0.266 e. The first kappa shape index (κ1) is 15.5. The Bertz CT molecular complexity index is 834. The maximum atomic E-state index is 13.1. The van der Waals surface area contributed by atoms with Gasteiger partial charge in [-0.2, -0.15) is 0 Å². The summed E-state index contributed by atoms with van der Waals surface area (Å²) >= 11 is 3.31. The average Bonchev–Trinajstić information content (AvgIpc) is 2.49. The van der Waals surface area contributed by atoms with Crippen LogP contribution in [0, 0.1) is 13.8 Å². The Kier molecular flexibility index (Phi) is 3.99. The zero-order chi connectivity index (χ0) is 15.9. The molecule has 0 saturated carbocycles. The van der Waals surface area contributed by atoms with Gasteiger partial charge in [-0.1, -0.05) is 18.2 Å². The fourth-order valence-electron chi connectivity index (χ4n) is 2.91. The SMILES string of the molecule is Cc1cccc2c1N(S(=O)(=O)c1cc(Br)cnc1C)CCC2. The van der Waals surface area contributed by atoms with Crippen LogP contribution in [0.5, 0.6) is 0 Å². The average molecular weight is 381 g/mol. The maximum absolute atomic E-state index is 13.1. The van der Waals surface area contributed by atoms with Crippen LogP contribution in [0.25, 0.3) is 0 Å². The molecule has 1 aliphatic rings. The first-order valence-corrected chi connectivity index (χ1v) is 9.38. The molecule has 0 radical (unpaired) electrons. The van der Waals surface area contributed by atoms with E-state index in [1.54, 1.807) is 19.2 Å². The van der Waals surface area contributed by atoms with Crippen molar-refractivity contribution < 1.29 is 8.42 Å². The molecule has 0 atom stereocenters. The van der Waals surface area contributed by atoms with Crippen LogP contribution in [0.3, 0.4) is 0 Å². The van der Waals surface area contributed by atoms with Crippen molar-refractivity contribution in [2.45, 2.75) is 31.6 Å². The van der Waals surface area contributed by atoms with Gasteiger partial charge in [0.15, 0.2) is 0 Å². The zero-order valence-electron chi connectivity index (χ0n) is 12.5.